The van der Waals surface area contributed by atoms with Crippen LogP contribution in [0.5, 0.6) is 0 Å². The Balaban J connectivity index is 2.02. The molecule has 0 fully saturated rings. The lowest BCUT2D eigenvalue weighted by Gasteiger charge is -2.20. The summed E-state index contributed by atoms with van der Waals surface area (Å²) >= 11 is 0. The molecule has 6 heteroatoms. The molecule has 0 saturated carbocycles. The van der Waals surface area contributed by atoms with Gasteiger partial charge in [-0.25, -0.2) is 9.78 Å². The molecule has 2 N–H and O–H groups in total. The molecule has 0 saturated heterocycles. The molecule has 1 amide bonds. The number of amides is 1. The lowest BCUT2D eigenvalue weighted by atomic mass is 9.99. The van der Waals surface area contributed by atoms with Gasteiger partial charge in [-0.3, -0.25) is 4.79 Å². The molecule has 158 valence electrons. The molecule has 0 bridgehead atoms. The van der Waals surface area contributed by atoms with Crippen molar-refractivity contribution >= 4 is 17.5 Å². The number of hydrogen-bond donors (Lipinski definition) is 2. The van der Waals surface area contributed by atoms with Crippen molar-refractivity contribution in [2.24, 2.45) is 5.92 Å². The predicted molar refractivity (Wildman–Crippen MR) is 118 cm³/mol. The van der Waals surface area contributed by atoms with Crippen molar-refractivity contribution in [3.8, 4) is 11.3 Å². The number of nitrogens with one attached hydrogen (secondary N) is 1. The van der Waals surface area contributed by atoms with Crippen LogP contribution in [0, 0.1) is 26.7 Å². The number of benzene rings is 1. The van der Waals surface area contributed by atoms with Gasteiger partial charge in [0.15, 0.2) is 0 Å². The molecule has 1 aromatic carbocycles. The summed E-state index contributed by atoms with van der Waals surface area (Å²) in [5.41, 5.74) is 6.63. The van der Waals surface area contributed by atoms with Gasteiger partial charge < -0.3 is 14.8 Å². The number of aliphatic carboxylic acids is 1. The Morgan fingerprint density at radius 2 is 1.87 bits per heavy atom. The minimum absolute atomic E-state index is 0.0483. The summed E-state index contributed by atoms with van der Waals surface area (Å²) < 4.78 is 1.91. The second-order valence-electron chi connectivity index (χ2n) is 8.08. The number of imidazole rings is 1. The minimum atomic E-state index is -1.01. The number of pyridine rings is 1. The van der Waals surface area contributed by atoms with Crippen LogP contribution in [0.1, 0.15) is 42.7 Å². The molecule has 2 unspecified atom stereocenters. The maximum atomic E-state index is 12.8. The number of carbonyl (C=O) groups is 2. The van der Waals surface area contributed by atoms with Gasteiger partial charge in [-0.2, -0.15) is 0 Å². The first-order valence-electron chi connectivity index (χ1n) is 10.3. The number of aryl methyl sites for hydroxylation is 3. The Bertz CT molecular complexity index is 1100. The van der Waals surface area contributed by atoms with Crippen LogP contribution in [0.4, 0.5) is 0 Å². The van der Waals surface area contributed by atoms with Crippen molar-refractivity contribution in [1.82, 2.24) is 14.7 Å². The highest BCUT2D eigenvalue weighted by Gasteiger charge is 2.26. The number of rotatable bonds is 7. The third-order valence-electron chi connectivity index (χ3n) is 5.78. The quantitative estimate of drug-likeness (QED) is 0.618. The molecule has 2 heterocycles. The fraction of sp³-hybridized carbons (Fsp3) is 0.375. The zero-order valence-electron chi connectivity index (χ0n) is 18.2. The van der Waals surface area contributed by atoms with E-state index in [1.165, 1.54) is 5.56 Å². The van der Waals surface area contributed by atoms with Crippen LogP contribution in [0.2, 0.25) is 0 Å². The minimum Gasteiger partial charge on any atom is -0.480 e. The van der Waals surface area contributed by atoms with Gasteiger partial charge >= 0.3 is 5.97 Å². The first kappa shape index (κ1) is 21.6. The third kappa shape index (κ3) is 4.37. The van der Waals surface area contributed by atoms with Crippen LogP contribution < -0.4 is 5.32 Å². The van der Waals surface area contributed by atoms with Crippen molar-refractivity contribution < 1.29 is 14.7 Å². The summed E-state index contributed by atoms with van der Waals surface area (Å²) in [6.45, 7) is 9.85. The summed E-state index contributed by atoms with van der Waals surface area (Å²) in [6, 6.07) is 9.17. The fourth-order valence-corrected chi connectivity index (χ4v) is 3.55. The zero-order chi connectivity index (χ0) is 22.0. The van der Waals surface area contributed by atoms with Gasteiger partial charge in [-0.15, -0.1) is 0 Å². The number of carboxylic acid groups (broad SMARTS) is 1. The normalized spacial score (nSPS) is 13.2. The second-order valence-corrected chi connectivity index (χ2v) is 8.08. The van der Waals surface area contributed by atoms with Crippen molar-refractivity contribution in [1.29, 1.82) is 0 Å². The number of carbonyl (C=O) groups excluding carboxylic acids is 1. The second kappa shape index (κ2) is 8.69. The fourth-order valence-electron chi connectivity index (χ4n) is 3.55. The molecule has 3 rings (SSSR count). The van der Waals surface area contributed by atoms with Crippen LogP contribution in [0.15, 0.2) is 36.5 Å². The van der Waals surface area contributed by atoms with Crippen molar-refractivity contribution in [3.63, 3.8) is 0 Å². The first-order chi connectivity index (χ1) is 14.2. The Kier molecular flexibility index (Phi) is 6.25. The van der Waals surface area contributed by atoms with Gasteiger partial charge in [0.05, 0.1) is 17.8 Å². The van der Waals surface area contributed by atoms with Crippen LogP contribution in [0.3, 0.4) is 0 Å². The van der Waals surface area contributed by atoms with E-state index in [-0.39, 0.29) is 18.2 Å². The summed E-state index contributed by atoms with van der Waals surface area (Å²) in [6.07, 6.45) is 2.63. The predicted octanol–water partition coefficient (Wildman–Crippen LogP) is 4.08. The van der Waals surface area contributed by atoms with Crippen LogP contribution >= 0.6 is 0 Å². The van der Waals surface area contributed by atoms with E-state index in [2.05, 4.69) is 25.2 Å². The van der Waals surface area contributed by atoms with E-state index in [1.807, 2.05) is 55.6 Å². The van der Waals surface area contributed by atoms with Crippen LogP contribution in [-0.2, 0) is 16.0 Å². The Morgan fingerprint density at radius 1 is 1.13 bits per heavy atom. The molecule has 0 spiro atoms. The van der Waals surface area contributed by atoms with Gasteiger partial charge in [-0.1, -0.05) is 32.4 Å². The average Bonchev–Trinajstić information content (AvgIpc) is 3.04. The molecule has 0 radical (unpaired) electrons. The van der Waals surface area contributed by atoms with E-state index in [9.17, 15) is 14.7 Å². The Morgan fingerprint density at radius 3 is 2.50 bits per heavy atom. The highest BCUT2D eigenvalue weighted by Crippen LogP contribution is 2.27. The molecular formula is C24H29N3O3. The van der Waals surface area contributed by atoms with E-state index in [0.29, 0.717) is 6.42 Å². The molecule has 2 atom stereocenters. The first-order valence-corrected chi connectivity index (χ1v) is 10.3. The van der Waals surface area contributed by atoms with E-state index >= 15 is 0 Å². The molecule has 6 nitrogen and oxygen atoms in total. The number of nitrogens with zero attached hydrogens (tertiary/aromatic N) is 2. The van der Waals surface area contributed by atoms with Crippen LogP contribution in [-0.4, -0.2) is 32.4 Å². The molecule has 0 aliphatic rings. The maximum Gasteiger partial charge on any atom is 0.326 e. The highest BCUT2D eigenvalue weighted by atomic mass is 16.4. The van der Waals surface area contributed by atoms with Crippen molar-refractivity contribution in [3.05, 3.63) is 58.9 Å². The summed E-state index contributed by atoms with van der Waals surface area (Å²) in [5, 5.41) is 12.2. The van der Waals surface area contributed by atoms with Gasteiger partial charge in [0.1, 0.15) is 11.7 Å². The molecule has 30 heavy (non-hydrogen) atoms. The van der Waals surface area contributed by atoms with Gasteiger partial charge in [-0.05, 0) is 61.6 Å². The van der Waals surface area contributed by atoms with Gasteiger partial charge in [0, 0.05) is 11.8 Å². The number of hydrogen-bond acceptors (Lipinski definition) is 3. The Labute approximate surface area is 177 Å². The summed E-state index contributed by atoms with van der Waals surface area (Å²) in [7, 11) is 0. The Hall–Kier alpha value is -3.15. The lowest BCUT2D eigenvalue weighted by molar-refractivity contribution is -0.143. The largest absolute Gasteiger partial charge is 0.480 e. The van der Waals surface area contributed by atoms with E-state index in [1.54, 1.807) is 0 Å². The number of carboxylic acids is 1. The lowest BCUT2D eigenvalue weighted by Crippen LogP contribution is -2.45. The molecular weight excluding hydrogens is 378 g/mol. The number of fused-ring (bicyclic) bond motifs is 1. The standard InChI is InChI=1S/C24H29N3O3/c1-6-15(3)22(24(29)30)26-21(28)13-19-23(18-8-7-16(4)17(5)12-18)25-20-11-14(2)9-10-27(19)20/h7-12,15,22H,6,13H2,1-5H3,(H,26,28)(H,29,30). The van der Waals surface area contributed by atoms with Crippen molar-refractivity contribution in [2.45, 2.75) is 53.5 Å². The van der Waals surface area contributed by atoms with Gasteiger partial charge in [0.25, 0.3) is 0 Å². The van der Waals surface area contributed by atoms with Gasteiger partial charge in [0.2, 0.25) is 5.91 Å². The average molecular weight is 408 g/mol. The highest BCUT2D eigenvalue weighted by molar-refractivity contribution is 5.86. The molecule has 3 aromatic rings. The maximum absolute atomic E-state index is 12.8. The molecule has 0 aliphatic heterocycles. The number of aromatic nitrogens is 2. The summed E-state index contributed by atoms with van der Waals surface area (Å²) in [4.78, 5) is 29.3. The van der Waals surface area contributed by atoms with E-state index in [0.717, 1.165) is 33.7 Å². The third-order valence-corrected chi connectivity index (χ3v) is 5.78. The molecule has 2 aromatic heterocycles. The SMILES string of the molecule is CCC(C)C(NC(=O)Cc1c(-c2ccc(C)c(C)c2)nc2cc(C)ccn12)C(=O)O. The van der Waals surface area contributed by atoms with E-state index in [4.69, 9.17) is 4.98 Å². The monoisotopic (exact) mass is 407 g/mol. The zero-order valence-corrected chi connectivity index (χ0v) is 18.2. The van der Waals surface area contributed by atoms with Crippen LogP contribution in [0.25, 0.3) is 16.9 Å². The van der Waals surface area contributed by atoms with Crippen molar-refractivity contribution in [2.75, 3.05) is 0 Å². The molecule has 0 aliphatic carbocycles. The summed E-state index contributed by atoms with van der Waals surface area (Å²) in [5.74, 6) is -1.49. The smallest absolute Gasteiger partial charge is 0.326 e. The van der Waals surface area contributed by atoms with E-state index < -0.39 is 12.0 Å². The topological polar surface area (TPSA) is 83.7 Å².